The van der Waals surface area contributed by atoms with E-state index in [1.54, 1.807) is 6.07 Å². The molecule has 1 aromatic carbocycles. The topological polar surface area (TPSA) is 55.1 Å². The lowest BCUT2D eigenvalue weighted by atomic mass is 9.84. The Kier molecular flexibility index (Phi) is 6.88. The van der Waals surface area contributed by atoms with Crippen molar-refractivity contribution in [2.24, 2.45) is 5.73 Å². The van der Waals surface area contributed by atoms with Crippen LogP contribution in [0.15, 0.2) is 24.3 Å². The quantitative estimate of drug-likeness (QED) is 0.863. The fraction of sp³-hybridized carbons (Fsp3) is 0.462. The lowest BCUT2D eigenvalue weighted by Gasteiger charge is -2.25. The van der Waals surface area contributed by atoms with Crippen LogP contribution in [0.25, 0.3) is 0 Å². The number of rotatable bonds is 5. The Labute approximate surface area is 113 Å². The molecule has 0 saturated carbocycles. The Morgan fingerprint density at radius 2 is 2.11 bits per heavy atom. The lowest BCUT2D eigenvalue weighted by molar-refractivity contribution is -0.121. The predicted octanol–water partition coefficient (Wildman–Crippen LogP) is 1.99. The number of halogens is 2. The summed E-state index contributed by atoms with van der Waals surface area (Å²) in [5.41, 5.74) is 5.86. The van der Waals surface area contributed by atoms with Crippen molar-refractivity contribution in [1.29, 1.82) is 0 Å². The van der Waals surface area contributed by atoms with Crippen molar-refractivity contribution in [3.8, 4) is 0 Å². The van der Waals surface area contributed by atoms with Crippen molar-refractivity contribution in [3.63, 3.8) is 0 Å². The van der Waals surface area contributed by atoms with Crippen molar-refractivity contribution in [1.82, 2.24) is 5.32 Å². The molecule has 0 heterocycles. The van der Waals surface area contributed by atoms with Gasteiger partial charge in [0.1, 0.15) is 5.82 Å². The molecule has 0 aromatic heterocycles. The molecule has 0 spiro atoms. The van der Waals surface area contributed by atoms with Crippen LogP contribution in [0, 0.1) is 5.82 Å². The van der Waals surface area contributed by atoms with Crippen LogP contribution in [-0.2, 0) is 10.2 Å². The maximum atomic E-state index is 13.1. The van der Waals surface area contributed by atoms with Crippen molar-refractivity contribution < 1.29 is 9.18 Å². The van der Waals surface area contributed by atoms with Crippen LogP contribution >= 0.6 is 12.4 Å². The third kappa shape index (κ3) is 5.02. The zero-order chi connectivity index (χ0) is 12.9. The molecule has 0 saturated heterocycles. The first kappa shape index (κ1) is 16.9. The minimum atomic E-state index is -0.299. The second-order valence-electron chi connectivity index (χ2n) is 4.71. The first-order chi connectivity index (χ1) is 7.95. The van der Waals surface area contributed by atoms with Crippen molar-refractivity contribution in [3.05, 3.63) is 35.6 Å². The molecule has 1 amide bonds. The van der Waals surface area contributed by atoms with Gasteiger partial charge in [-0.1, -0.05) is 26.0 Å². The second-order valence-corrected chi connectivity index (χ2v) is 4.71. The number of hydrogen-bond acceptors (Lipinski definition) is 2. The molecular formula is C13H20ClFN2O. The number of carbonyl (C=O) groups excluding carboxylic acids is 1. The SMILES string of the molecule is CC(C)(CNC(=O)CCN)c1cccc(F)c1.Cl. The van der Waals surface area contributed by atoms with Gasteiger partial charge in [-0.3, -0.25) is 4.79 Å². The first-order valence-electron chi connectivity index (χ1n) is 5.68. The van der Waals surface area contributed by atoms with Crippen LogP contribution in [0.4, 0.5) is 4.39 Å². The van der Waals surface area contributed by atoms with Crippen LogP contribution in [-0.4, -0.2) is 19.0 Å². The molecule has 18 heavy (non-hydrogen) atoms. The summed E-state index contributed by atoms with van der Waals surface area (Å²) in [5.74, 6) is -0.333. The van der Waals surface area contributed by atoms with E-state index in [1.807, 2.05) is 19.9 Å². The molecule has 0 radical (unpaired) electrons. The molecule has 1 aromatic rings. The fourth-order valence-electron chi connectivity index (χ4n) is 1.55. The smallest absolute Gasteiger partial charge is 0.221 e. The molecule has 1 rings (SSSR count). The summed E-state index contributed by atoms with van der Waals surface area (Å²) in [6.07, 6.45) is 0.319. The zero-order valence-electron chi connectivity index (χ0n) is 10.7. The van der Waals surface area contributed by atoms with Gasteiger partial charge < -0.3 is 11.1 Å². The number of nitrogens with one attached hydrogen (secondary N) is 1. The molecule has 0 aliphatic heterocycles. The lowest BCUT2D eigenvalue weighted by Crippen LogP contribution is -2.37. The van der Waals surface area contributed by atoms with Crippen molar-refractivity contribution >= 4 is 18.3 Å². The average molecular weight is 275 g/mol. The average Bonchev–Trinajstić information content (AvgIpc) is 2.27. The summed E-state index contributed by atoms with van der Waals surface area (Å²) >= 11 is 0. The molecule has 0 aliphatic carbocycles. The monoisotopic (exact) mass is 274 g/mol. The van der Waals surface area contributed by atoms with Crippen LogP contribution in [0.5, 0.6) is 0 Å². The molecule has 5 heteroatoms. The molecule has 0 atom stereocenters. The van der Waals surface area contributed by atoms with E-state index in [0.717, 1.165) is 5.56 Å². The number of carbonyl (C=O) groups is 1. The molecule has 0 bridgehead atoms. The molecule has 102 valence electrons. The summed E-state index contributed by atoms with van der Waals surface area (Å²) in [6.45, 7) is 4.73. The van der Waals surface area contributed by atoms with E-state index < -0.39 is 0 Å². The van der Waals surface area contributed by atoms with Gasteiger partial charge in [-0.2, -0.15) is 0 Å². The maximum Gasteiger partial charge on any atom is 0.221 e. The third-order valence-corrected chi connectivity index (χ3v) is 2.70. The van der Waals surface area contributed by atoms with Crippen LogP contribution in [0.3, 0.4) is 0 Å². The van der Waals surface area contributed by atoms with E-state index in [4.69, 9.17) is 5.73 Å². The summed E-state index contributed by atoms with van der Waals surface area (Å²) in [5, 5.41) is 2.80. The van der Waals surface area contributed by atoms with E-state index >= 15 is 0 Å². The minimum absolute atomic E-state index is 0. The zero-order valence-corrected chi connectivity index (χ0v) is 11.5. The van der Waals surface area contributed by atoms with Crippen LogP contribution < -0.4 is 11.1 Å². The van der Waals surface area contributed by atoms with Gasteiger partial charge in [0, 0.05) is 24.9 Å². The van der Waals surface area contributed by atoms with Crippen LogP contribution in [0.2, 0.25) is 0 Å². The molecule has 0 unspecified atom stereocenters. The highest BCUT2D eigenvalue weighted by Gasteiger charge is 2.21. The Morgan fingerprint density at radius 1 is 1.44 bits per heavy atom. The van der Waals surface area contributed by atoms with Crippen molar-refractivity contribution in [2.75, 3.05) is 13.1 Å². The van der Waals surface area contributed by atoms with Gasteiger partial charge >= 0.3 is 0 Å². The third-order valence-electron chi connectivity index (χ3n) is 2.70. The van der Waals surface area contributed by atoms with E-state index in [9.17, 15) is 9.18 Å². The summed E-state index contributed by atoms with van der Waals surface area (Å²) < 4.78 is 13.1. The largest absolute Gasteiger partial charge is 0.355 e. The molecular weight excluding hydrogens is 255 g/mol. The minimum Gasteiger partial charge on any atom is -0.355 e. The Hall–Kier alpha value is -1.13. The maximum absolute atomic E-state index is 13.1. The van der Waals surface area contributed by atoms with Gasteiger partial charge in [-0.05, 0) is 17.7 Å². The number of hydrogen-bond donors (Lipinski definition) is 2. The van der Waals surface area contributed by atoms with E-state index in [-0.39, 0.29) is 29.5 Å². The van der Waals surface area contributed by atoms with Gasteiger partial charge in [-0.25, -0.2) is 4.39 Å². The second kappa shape index (κ2) is 7.34. The fourth-order valence-corrected chi connectivity index (χ4v) is 1.55. The number of amides is 1. The van der Waals surface area contributed by atoms with Gasteiger partial charge in [0.15, 0.2) is 0 Å². The molecule has 0 aliphatic rings. The Morgan fingerprint density at radius 3 is 2.67 bits per heavy atom. The predicted molar refractivity (Wildman–Crippen MR) is 73.4 cm³/mol. The highest BCUT2D eigenvalue weighted by molar-refractivity contribution is 5.85. The summed E-state index contributed by atoms with van der Waals surface area (Å²) in [7, 11) is 0. The normalized spacial score (nSPS) is 10.7. The van der Waals surface area contributed by atoms with E-state index in [2.05, 4.69) is 5.32 Å². The van der Waals surface area contributed by atoms with Crippen molar-refractivity contribution in [2.45, 2.75) is 25.7 Å². The molecule has 0 fully saturated rings. The highest BCUT2D eigenvalue weighted by atomic mass is 35.5. The Balaban J connectivity index is 0.00000289. The van der Waals surface area contributed by atoms with Gasteiger partial charge in [-0.15, -0.1) is 12.4 Å². The van der Waals surface area contributed by atoms with Gasteiger partial charge in [0.2, 0.25) is 5.91 Å². The highest BCUT2D eigenvalue weighted by Crippen LogP contribution is 2.22. The van der Waals surface area contributed by atoms with Gasteiger partial charge in [0.25, 0.3) is 0 Å². The van der Waals surface area contributed by atoms with E-state index in [0.29, 0.717) is 19.5 Å². The van der Waals surface area contributed by atoms with E-state index in [1.165, 1.54) is 12.1 Å². The standard InChI is InChI=1S/C13H19FN2O.ClH/c1-13(2,9-16-12(17)6-7-15)10-4-3-5-11(14)8-10;/h3-5,8H,6-7,9,15H2,1-2H3,(H,16,17);1H. The van der Waals surface area contributed by atoms with Gasteiger partial charge in [0.05, 0.1) is 0 Å². The number of nitrogens with two attached hydrogens (primary N) is 1. The Bertz CT molecular complexity index is 396. The molecule has 3 nitrogen and oxygen atoms in total. The number of benzene rings is 1. The summed E-state index contributed by atoms with van der Waals surface area (Å²) in [6, 6.07) is 6.44. The first-order valence-corrected chi connectivity index (χ1v) is 5.68. The molecule has 3 N–H and O–H groups in total. The van der Waals surface area contributed by atoms with Crippen LogP contribution in [0.1, 0.15) is 25.8 Å². The summed E-state index contributed by atoms with van der Waals surface area (Å²) in [4.78, 5) is 11.3.